The van der Waals surface area contributed by atoms with E-state index in [4.69, 9.17) is 9.15 Å². The molecule has 0 bridgehead atoms. The lowest BCUT2D eigenvalue weighted by atomic mass is 10.1. The molecule has 1 heterocycles. The minimum Gasteiger partial charge on any atom is -0.465 e. The molecular weight excluding hydrogens is 356 g/mol. The van der Waals surface area contributed by atoms with E-state index >= 15 is 0 Å². The van der Waals surface area contributed by atoms with Crippen LogP contribution in [0.2, 0.25) is 0 Å². The highest BCUT2D eigenvalue weighted by atomic mass is 16.5. The molecule has 0 spiro atoms. The standard InChI is InChI=1S/C22H16N2O4/c1-27-22(26)16-11-7-13-18-19(16)24-21(28-18)15-10-5-6-12-17(15)23-20(25)14-8-3-2-4-9-14/h2-13H,1H3,(H,23,25). The number of rotatable bonds is 4. The van der Waals surface area contributed by atoms with Crippen LogP contribution in [0.15, 0.2) is 77.2 Å². The Hall–Kier alpha value is -3.93. The van der Waals surface area contributed by atoms with E-state index in [1.165, 1.54) is 7.11 Å². The normalized spacial score (nSPS) is 10.6. The predicted octanol–water partition coefficient (Wildman–Crippen LogP) is 4.53. The number of esters is 1. The monoisotopic (exact) mass is 372 g/mol. The third-order valence-corrected chi connectivity index (χ3v) is 4.27. The number of amides is 1. The zero-order chi connectivity index (χ0) is 19.5. The molecule has 28 heavy (non-hydrogen) atoms. The van der Waals surface area contributed by atoms with Crippen LogP contribution >= 0.6 is 0 Å². The molecule has 6 nitrogen and oxygen atoms in total. The van der Waals surface area contributed by atoms with Gasteiger partial charge in [0, 0.05) is 5.56 Å². The van der Waals surface area contributed by atoms with Crippen LogP contribution in [0.25, 0.3) is 22.6 Å². The van der Waals surface area contributed by atoms with Gasteiger partial charge >= 0.3 is 5.97 Å². The molecule has 0 aliphatic heterocycles. The van der Waals surface area contributed by atoms with Crippen LogP contribution in [0.3, 0.4) is 0 Å². The lowest BCUT2D eigenvalue weighted by Crippen LogP contribution is -2.12. The quantitative estimate of drug-likeness (QED) is 0.532. The van der Waals surface area contributed by atoms with E-state index in [2.05, 4.69) is 10.3 Å². The summed E-state index contributed by atoms with van der Waals surface area (Å²) in [5.74, 6) is -0.425. The third-order valence-electron chi connectivity index (χ3n) is 4.27. The molecule has 0 saturated heterocycles. The number of methoxy groups -OCH3 is 1. The number of carbonyl (C=O) groups is 2. The van der Waals surface area contributed by atoms with Crippen molar-refractivity contribution in [1.29, 1.82) is 0 Å². The lowest BCUT2D eigenvalue weighted by molar-refractivity contribution is 0.0602. The van der Waals surface area contributed by atoms with Gasteiger partial charge in [-0.2, -0.15) is 0 Å². The van der Waals surface area contributed by atoms with Gasteiger partial charge in [0.15, 0.2) is 5.58 Å². The maximum atomic E-state index is 12.5. The summed E-state index contributed by atoms with van der Waals surface area (Å²) >= 11 is 0. The molecule has 0 saturated carbocycles. The molecule has 1 N–H and O–H groups in total. The van der Waals surface area contributed by atoms with Crippen molar-refractivity contribution >= 4 is 28.7 Å². The van der Waals surface area contributed by atoms with Gasteiger partial charge < -0.3 is 14.5 Å². The van der Waals surface area contributed by atoms with Gasteiger partial charge in [-0.15, -0.1) is 0 Å². The fourth-order valence-corrected chi connectivity index (χ4v) is 2.90. The Morgan fingerprint density at radius 1 is 0.929 bits per heavy atom. The Bertz CT molecular complexity index is 1170. The summed E-state index contributed by atoms with van der Waals surface area (Å²) in [5.41, 5.74) is 2.90. The lowest BCUT2D eigenvalue weighted by Gasteiger charge is -2.08. The average Bonchev–Trinajstić information content (AvgIpc) is 3.18. The second kappa shape index (κ2) is 7.36. The van der Waals surface area contributed by atoms with E-state index in [0.717, 1.165) is 0 Å². The maximum Gasteiger partial charge on any atom is 0.340 e. The van der Waals surface area contributed by atoms with E-state index in [9.17, 15) is 9.59 Å². The predicted molar refractivity (Wildman–Crippen MR) is 105 cm³/mol. The number of benzene rings is 3. The summed E-state index contributed by atoms with van der Waals surface area (Å²) in [5, 5.41) is 2.89. The first-order chi connectivity index (χ1) is 13.7. The van der Waals surface area contributed by atoms with Crippen LogP contribution in [-0.4, -0.2) is 24.0 Å². The van der Waals surface area contributed by atoms with Crippen LogP contribution in [0.1, 0.15) is 20.7 Å². The number of fused-ring (bicyclic) bond motifs is 1. The van der Waals surface area contributed by atoms with Gasteiger partial charge in [0.2, 0.25) is 5.89 Å². The van der Waals surface area contributed by atoms with Crippen molar-refractivity contribution in [2.45, 2.75) is 0 Å². The largest absolute Gasteiger partial charge is 0.465 e. The van der Waals surface area contributed by atoms with E-state index in [1.54, 1.807) is 54.6 Å². The number of nitrogens with one attached hydrogen (secondary N) is 1. The molecule has 4 aromatic rings. The summed E-state index contributed by atoms with van der Waals surface area (Å²) in [7, 11) is 1.32. The number of ether oxygens (including phenoxy) is 1. The van der Waals surface area contributed by atoms with E-state index in [0.29, 0.717) is 39.4 Å². The minimum absolute atomic E-state index is 0.237. The van der Waals surface area contributed by atoms with Gasteiger partial charge in [-0.25, -0.2) is 9.78 Å². The summed E-state index contributed by atoms with van der Waals surface area (Å²) in [6.07, 6.45) is 0. The molecule has 4 rings (SSSR count). The first kappa shape index (κ1) is 17.5. The number of hydrogen-bond donors (Lipinski definition) is 1. The molecule has 1 aromatic heterocycles. The molecule has 0 atom stereocenters. The van der Waals surface area contributed by atoms with Crippen LogP contribution < -0.4 is 5.32 Å². The van der Waals surface area contributed by atoms with Crippen molar-refractivity contribution in [3.8, 4) is 11.5 Å². The SMILES string of the molecule is COC(=O)c1cccc2oc(-c3ccccc3NC(=O)c3ccccc3)nc12. The third kappa shape index (κ3) is 3.23. The molecule has 0 aliphatic rings. The van der Waals surface area contributed by atoms with Gasteiger partial charge in [-0.3, -0.25) is 4.79 Å². The van der Waals surface area contributed by atoms with Gasteiger partial charge in [0.25, 0.3) is 5.91 Å². The van der Waals surface area contributed by atoms with E-state index in [1.807, 2.05) is 18.2 Å². The van der Waals surface area contributed by atoms with Crippen molar-refractivity contribution in [2.24, 2.45) is 0 Å². The van der Waals surface area contributed by atoms with Gasteiger partial charge in [-0.05, 0) is 36.4 Å². The minimum atomic E-state index is -0.490. The van der Waals surface area contributed by atoms with E-state index in [-0.39, 0.29) is 5.91 Å². The molecule has 138 valence electrons. The van der Waals surface area contributed by atoms with E-state index < -0.39 is 5.97 Å². The zero-order valence-corrected chi connectivity index (χ0v) is 15.0. The zero-order valence-electron chi connectivity index (χ0n) is 15.0. The fourth-order valence-electron chi connectivity index (χ4n) is 2.90. The fraction of sp³-hybridized carbons (Fsp3) is 0.0455. The molecule has 1 amide bonds. The summed E-state index contributed by atoms with van der Waals surface area (Å²) < 4.78 is 10.7. The molecule has 0 fully saturated rings. The van der Waals surface area contributed by atoms with Crippen LogP contribution in [0.5, 0.6) is 0 Å². The van der Waals surface area contributed by atoms with Gasteiger partial charge in [-0.1, -0.05) is 36.4 Å². The second-order valence-electron chi connectivity index (χ2n) is 6.03. The summed E-state index contributed by atoms with van der Waals surface area (Å²) in [4.78, 5) is 29.0. The number of nitrogens with zero attached hydrogens (tertiary/aromatic N) is 1. The number of aromatic nitrogens is 1. The molecular formula is C22H16N2O4. The smallest absolute Gasteiger partial charge is 0.340 e. The highest BCUT2D eigenvalue weighted by molar-refractivity contribution is 6.06. The molecule has 0 unspecified atom stereocenters. The molecule has 0 radical (unpaired) electrons. The number of hydrogen-bond acceptors (Lipinski definition) is 5. The average molecular weight is 372 g/mol. The number of para-hydroxylation sites is 2. The van der Waals surface area contributed by atoms with Crippen LogP contribution in [0.4, 0.5) is 5.69 Å². The number of anilines is 1. The highest BCUT2D eigenvalue weighted by Crippen LogP contribution is 2.31. The summed E-state index contributed by atoms with van der Waals surface area (Å²) in [6.45, 7) is 0. The number of oxazole rings is 1. The maximum absolute atomic E-state index is 12.5. The van der Waals surface area contributed by atoms with Crippen molar-refractivity contribution in [3.63, 3.8) is 0 Å². The van der Waals surface area contributed by atoms with Crippen LogP contribution in [-0.2, 0) is 4.74 Å². The Morgan fingerprint density at radius 3 is 2.46 bits per heavy atom. The molecule has 3 aromatic carbocycles. The van der Waals surface area contributed by atoms with Crippen molar-refractivity contribution in [3.05, 3.63) is 83.9 Å². The second-order valence-corrected chi connectivity index (χ2v) is 6.03. The van der Waals surface area contributed by atoms with Crippen molar-refractivity contribution in [2.75, 3.05) is 12.4 Å². The van der Waals surface area contributed by atoms with Crippen molar-refractivity contribution < 1.29 is 18.7 Å². The Balaban J connectivity index is 1.74. The Labute approximate surface area is 160 Å². The molecule has 0 aliphatic carbocycles. The number of carbonyl (C=O) groups excluding carboxylic acids is 2. The van der Waals surface area contributed by atoms with Crippen LogP contribution in [0, 0.1) is 0 Å². The van der Waals surface area contributed by atoms with Gasteiger partial charge in [0.1, 0.15) is 5.52 Å². The summed E-state index contributed by atoms with van der Waals surface area (Å²) in [6, 6.07) is 21.2. The Morgan fingerprint density at radius 2 is 1.68 bits per heavy atom. The first-order valence-corrected chi connectivity index (χ1v) is 8.61. The van der Waals surface area contributed by atoms with Crippen molar-refractivity contribution in [1.82, 2.24) is 4.98 Å². The van der Waals surface area contributed by atoms with Gasteiger partial charge in [0.05, 0.1) is 23.9 Å². The first-order valence-electron chi connectivity index (χ1n) is 8.61. The topological polar surface area (TPSA) is 81.4 Å². The Kier molecular flexibility index (Phi) is 4.60. The highest BCUT2D eigenvalue weighted by Gasteiger charge is 2.18. The molecule has 6 heteroatoms.